The lowest BCUT2D eigenvalue weighted by Crippen LogP contribution is -2.35. The van der Waals surface area contributed by atoms with E-state index in [9.17, 15) is 4.79 Å². The monoisotopic (exact) mass is 350 g/mol. The summed E-state index contributed by atoms with van der Waals surface area (Å²) in [5.41, 5.74) is 1.51. The van der Waals surface area contributed by atoms with E-state index in [1.165, 1.54) is 17.8 Å². The summed E-state index contributed by atoms with van der Waals surface area (Å²) in [7, 11) is 0. The van der Waals surface area contributed by atoms with Gasteiger partial charge in [-0.05, 0) is 49.9 Å². The minimum absolute atomic E-state index is 0.0366. The second-order valence-corrected chi connectivity index (χ2v) is 7.03. The van der Waals surface area contributed by atoms with Crippen molar-refractivity contribution in [2.75, 3.05) is 13.1 Å². The van der Waals surface area contributed by atoms with Crippen LogP contribution in [0.5, 0.6) is 5.75 Å². The molecule has 122 valence electrons. The van der Waals surface area contributed by atoms with Gasteiger partial charge in [0.25, 0.3) is 5.91 Å². The van der Waals surface area contributed by atoms with Gasteiger partial charge < -0.3 is 9.64 Å². The number of piperidine rings is 1. The lowest BCUT2D eigenvalue weighted by Gasteiger charge is -2.25. The van der Waals surface area contributed by atoms with Gasteiger partial charge in [-0.15, -0.1) is 11.3 Å². The van der Waals surface area contributed by atoms with Crippen molar-refractivity contribution >= 4 is 28.8 Å². The first-order chi connectivity index (χ1) is 11.1. The van der Waals surface area contributed by atoms with Crippen molar-refractivity contribution in [3.8, 4) is 5.75 Å². The number of carbonyl (C=O) groups excluding carboxylic acids is 1. The van der Waals surface area contributed by atoms with Crippen molar-refractivity contribution in [2.45, 2.75) is 32.8 Å². The fraction of sp³-hybridized carbons (Fsp3) is 0.412. The van der Waals surface area contributed by atoms with Gasteiger partial charge in [0.05, 0.1) is 0 Å². The molecule has 0 saturated carbocycles. The molecular formula is C17H19ClN2O2S. The Morgan fingerprint density at radius 3 is 2.87 bits per heavy atom. The molecule has 0 aliphatic carbocycles. The molecule has 1 aliphatic rings. The van der Waals surface area contributed by atoms with Gasteiger partial charge in [-0.2, -0.15) is 0 Å². The molecule has 1 saturated heterocycles. The van der Waals surface area contributed by atoms with Gasteiger partial charge >= 0.3 is 0 Å². The van der Waals surface area contributed by atoms with Gasteiger partial charge in [-0.3, -0.25) is 4.79 Å². The maximum absolute atomic E-state index is 12.4. The molecule has 1 amide bonds. The number of hydrogen-bond acceptors (Lipinski definition) is 4. The van der Waals surface area contributed by atoms with E-state index in [4.69, 9.17) is 16.3 Å². The zero-order valence-electron chi connectivity index (χ0n) is 13.0. The molecule has 1 aromatic heterocycles. The summed E-state index contributed by atoms with van der Waals surface area (Å²) in [5.74, 6) is 0.792. The summed E-state index contributed by atoms with van der Waals surface area (Å²) < 4.78 is 5.73. The number of halogens is 1. The summed E-state index contributed by atoms with van der Waals surface area (Å²) in [5, 5.41) is 3.35. The van der Waals surface area contributed by atoms with Gasteiger partial charge in [0.15, 0.2) is 0 Å². The van der Waals surface area contributed by atoms with Crippen molar-refractivity contribution in [1.82, 2.24) is 9.88 Å². The zero-order valence-corrected chi connectivity index (χ0v) is 14.6. The number of nitrogens with zero attached hydrogens (tertiary/aromatic N) is 2. The molecule has 23 heavy (non-hydrogen) atoms. The average molecular weight is 351 g/mol. The highest BCUT2D eigenvalue weighted by Gasteiger charge is 2.20. The largest absolute Gasteiger partial charge is 0.486 e. The van der Waals surface area contributed by atoms with E-state index in [-0.39, 0.29) is 5.91 Å². The predicted octanol–water partition coefficient (Wildman–Crippen LogP) is 4.31. The molecule has 0 spiro atoms. The number of ether oxygens (including phenoxy) is 1. The van der Waals surface area contributed by atoms with E-state index >= 15 is 0 Å². The third-order valence-electron chi connectivity index (χ3n) is 3.91. The van der Waals surface area contributed by atoms with Crippen LogP contribution < -0.4 is 4.74 Å². The van der Waals surface area contributed by atoms with Crippen molar-refractivity contribution < 1.29 is 9.53 Å². The normalized spacial score (nSPS) is 14.8. The molecule has 0 N–H and O–H groups in total. The number of carbonyl (C=O) groups is 1. The van der Waals surface area contributed by atoms with Gasteiger partial charge in [-0.1, -0.05) is 11.6 Å². The molecule has 1 fully saturated rings. The third kappa shape index (κ3) is 4.03. The first-order valence-corrected chi connectivity index (χ1v) is 9.02. The van der Waals surface area contributed by atoms with Gasteiger partial charge in [0.1, 0.15) is 23.1 Å². The van der Waals surface area contributed by atoms with Crippen LogP contribution in [0.2, 0.25) is 5.02 Å². The van der Waals surface area contributed by atoms with E-state index in [0.29, 0.717) is 12.3 Å². The molecule has 0 unspecified atom stereocenters. The smallest absolute Gasteiger partial charge is 0.273 e. The van der Waals surface area contributed by atoms with E-state index in [1.807, 2.05) is 35.4 Å². The quantitative estimate of drug-likeness (QED) is 0.825. The number of amides is 1. The van der Waals surface area contributed by atoms with Crippen molar-refractivity contribution in [1.29, 1.82) is 0 Å². The van der Waals surface area contributed by atoms with Gasteiger partial charge in [0.2, 0.25) is 0 Å². The first-order valence-electron chi connectivity index (χ1n) is 7.76. The van der Waals surface area contributed by atoms with Crippen LogP contribution in [0.1, 0.15) is 40.3 Å². The second-order valence-electron chi connectivity index (χ2n) is 5.68. The van der Waals surface area contributed by atoms with Crippen molar-refractivity contribution in [2.24, 2.45) is 0 Å². The Hall–Kier alpha value is -1.59. The van der Waals surface area contributed by atoms with E-state index in [2.05, 4.69) is 4.98 Å². The molecule has 4 nitrogen and oxygen atoms in total. The highest BCUT2D eigenvalue weighted by atomic mass is 35.5. The molecule has 0 bridgehead atoms. The molecule has 1 aliphatic heterocycles. The number of aryl methyl sites for hydroxylation is 1. The van der Waals surface area contributed by atoms with E-state index < -0.39 is 0 Å². The number of hydrogen-bond donors (Lipinski definition) is 0. The van der Waals surface area contributed by atoms with Crippen LogP contribution in [-0.2, 0) is 6.61 Å². The fourth-order valence-electron chi connectivity index (χ4n) is 2.59. The molecule has 2 aromatic rings. The summed E-state index contributed by atoms with van der Waals surface area (Å²) in [6.07, 6.45) is 3.38. The molecule has 6 heteroatoms. The number of aromatic nitrogens is 1. The number of likely N-dealkylation sites (tertiary alicyclic amines) is 1. The molecule has 0 radical (unpaired) electrons. The molecule has 0 atom stereocenters. The maximum atomic E-state index is 12.4. The van der Waals surface area contributed by atoms with Crippen LogP contribution in [0.15, 0.2) is 23.6 Å². The number of benzene rings is 1. The minimum atomic E-state index is 0.0366. The Bertz CT molecular complexity index is 696. The third-order valence-corrected chi connectivity index (χ3v) is 5.15. The standard InChI is InChI=1S/C17H19ClN2O2S/c1-12-9-13(5-6-14(12)18)22-10-16-19-15(11-23-16)17(21)20-7-3-2-4-8-20/h5-6,9,11H,2-4,7-8,10H2,1H3. The highest BCUT2D eigenvalue weighted by molar-refractivity contribution is 7.09. The van der Waals surface area contributed by atoms with Crippen LogP contribution >= 0.6 is 22.9 Å². The lowest BCUT2D eigenvalue weighted by atomic mass is 10.1. The van der Waals surface area contributed by atoms with Crippen molar-refractivity contribution in [3.05, 3.63) is 44.9 Å². The first kappa shape index (κ1) is 16.3. The second kappa shape index (κ2) is 7.32. The number of thiazole rings is 1. The molecular weight excluding hydrogens is 332 g/mol. The Labute approximate surface area is 145 Å². The summed E-state index contributed by atoms with van der Waals surface area (Å²) >= 11 is 7.46. The Morgan fingerprint density at radius 2 is 2.13 bits per heavy atom. The molecule has 3 rings (SSSR count). The Morgan fingerprint density at radius 1 is 1.35 bits per heavy atom. The topological polar surface area (TPSA) is 42.4 Å². The van der Waals surface area contributed by atoms with Crippen LogP contribution in [-0.4, -0.2) is 28.9 Å². The Kier molecular flexibility index (Phi) is 5.18. The van der Waals surface area contributed by atoms with Gasteiger partial charge in [0, 0.05) is 23.5 Å². The van der Waals surface area contributed by atoms with E-state index in [0.717, 1.165) is 47.3 Å². The summed E-state index contributed by atoms with van der Waals surface area (Å²) in [6.45, 7) is 3.98. The maximum Gasteiger partial charge on any atom is 0.273 e. The summed E-state index contributed by atoms with van der Waals surface area (Å²) in [6, 6.07) is 5.55. The van der Waals surface area contributed by atoms with E-state index in [1.54, 1.807) is 0 Å². The van der Waals surface area contributed by atoms with Crippen LogP contribution in [0.3, 0.4) is 0 Å². The predicted molar refractivity (Wildman–Crippen MR) is 92.4 cm³/mol. The molecule has 1 aromatic carbocycles. The average Bonchev–Trinajstić information content (AvgIpc) is 3.05. The molecule has 2 heterocycles. The van der Waals surface area contributed by atoms with Crippen molar-refractivity contribution in [3.63, 3.8) is 0 Å². The van der Waals surface area contributed by atoms with Crippen LogP contribution in [0.4, 0.5) is 0 Å². The minimum Gasteiger partial charge on any atom is -0.486 e. The lowest BCUT2D eigenvalue weighted by molar-refractivity contribution is 0.0719. The highest BCUT2D eigenvalue weighted by Crippen LogP contribution is 2.22. The van der Waals surface area contributed by atoms with Crippen LogP contribution in [0.25, 0.3) is 0 Å². The Balaban J connectivity index is 1.60. The summed E-state index contributed by atoms with van der Waals surface area (Å²) in [4.78, 5) is 18.7. The van der Waals surface area contributed by atoms with Gasteiger partial charge in [-0.25, -0.2) is 4.98 Å². The fourth-order valence-corrected chi connectivity index (χ4v) is 3.38. The van der Waals surface area contributed by atoms with Crippen LogP contribution in [0, 0.1) is 6.92 Å². The SMILES string of the molecule is Cc1cc(OCc2nc(C(=O)N3CCCCC3)cs2)ccc1Cl. The zero-order chi connectivity index (χ0) is 16.2. The number of rotatable bonds is 4.